The first-order valence-electron chi connectivity index (χ1n) is 13.7. The van der Waals surface area contributed by atoms with Gasteiger partial charge in [0.2, 0.25) is 0 Å². The minimum atomic E-state index is -1.16. The van der Waals surface area contributed by atoms with E-state index in [4.69, 9.17) is 9.47 Å². The highest BCUT2D eigenvalue weighted by Crippen LogP contribution is 2.43. The zero-order valence-electron chi connectivity index (χ0n) is 23.7. The maximum Gasteiger partial charge on any atom is 0.337 e. The molecule has 3 heterocycles. The van der Waals surface area contributed by atoms with Crippen molar-refractivity contribution in [2.45, 2.75) is 97.4 Å². The molecule has 8 heteroatoms. The van der Waals surface area contributed by atoms with Crippen molar-refractivity contribution < 1.29 is 24.5 Å². The molecule has 0 amide bonds. The lowest BCUT2D eigenvalue weighted by Crippen LogP contribution is -2.39. The number of nitrogens with zero attached hydrogens (tertiary/aromatic N) is 3. The van der Waals surface area contributed by atoms with Gasteiger partial charge in [-0.1, -0.05) is 13.8 Å². The first-order valence-corrected chi connectivity index (χ1v) is 13.7. The molecule has 208 valence electrons. The number of hydrogen-bond donors (Lipinski definition) is 2. The molecule has 2 aliphatic rings. The summed E-state index contributed by atoms with van der Waals surface area (Å²) in [6.07, 6.45) is 7.66. The molecule has 0 radical (unpaired) electrons. The largest absolute Gasteiger partial charge is 0.492 e. The number of aryl methyl sites for hydroxylation is 1. The van der Waals surface area contributed by atoms with Crippen LogP contribution in [-0.2, 0) is 9.53 Å². The maximum absolute atomic E-state index is 12.5. The summed E-state index contributed by atoms with van der Waals surface area (Å²) in [5, 5.41) is 20.6. The van der Waals surface area contributed by atoms with Crippen LogP contribution in [0.3, 0.4) is 0 Å². The number of pyridine rings is 2. The van der Waals surface area contributed by atoms with E-state index >= 15 is 0 Å². The molecule has 1 saturated heterocycles. The Kier molecular flexibility index (Phi) is 8.05. The number of ether oxygens (including phenoxy) is 2. The Balaban J connectivity index is 1.70. The van der Waals surface area contributed by atoms with Crippen LogP contribution in [0.1, 0.15) is 90.5 Å². The summed E-state index contributed by atoms with van der Waals surface area (Å²) in [6.45, 7) is 14.0. The summed E-state index contributed by atoms with van der Waals surface area (Å²) in [4.78, 5) is 24.1. The lowest BCUT2D eigenvalue weighted by Gasteiger charge is -2.40. The summed E-state index contributed by atoms with van der Waals surface area (Å²) in [5.74, 6) is -0.400. The van der Waals surface area contributed by atoms with E-state index in [2.05, 4.69) is 28.7 Å². The van der Waals surface area contributed by atoms with Gasteiger partial charge in [0, 0.05) is 42.5 Å². The smallest absolute Gasteiger partial charge is 0.337 e. The Morgan fingerprint density at radius 2 is 1.79 bits per heavy atom. The molecule has 2 N–H and O–H groups in total. The highest BCUT2D eigenvalue weighted by molar-refractivity contribution is 5.85. The van der Waals surface area contributed by atoms with Crippen LogP contribution in [0.5, 0.6) is 5.75 Å². The van der Waals surface area contributed by atoms with Gasteiger partial charge in [-0.25, -0.2) is 4.79 Å². The second kappa shape index (κ2) is 10.8. The van der Waals surface area contributed by atoms with Gasteiger partial charge in [-0.2, -0.15) is 0 Å². The number of rotatable bonds is 9. The number of aliphatic hydroxyl groups is 1. The molecule has 1 aliphatic carbocycles. The van der Waals surface area contributed by atoms with E-state index in [9.17, 15) is 15.0 Å². The zero-order valence-corrected chi connectivity index (χ0v) is 23.7. The standard InChI is InChI=1S/C30H43N3O5/c1-20-24(26(27(34)35)38-28(2,3)4)25(33-15-12-29(5,6)13-16-33)22(19-31-20)23-9-8-21(18-32-23)37-17-14-30(36)10-7-11-30/h8-9,18-19,26,36H,7,10-17H2,1-6H3,(H,34,35)/t26-/m0/s1. The first-order chi connectivity index (χ1) is 17.8. The van der Waals surface area contributed by atoms with Crippen molar-refractivity contribution in [2.75, 3.05) is 24.6 Å². The molecule has 0 unspecified atom stereocenters. The Hall–Kier alpha value is -2.71. The predicted octanol–water partition coefficient (Wildman–Crippen LogP) is 5.70. The van der Waals surface area contributed by atoms with Gasteiger partial charge in [0.05, 0.1) is 35.4 Å². The van der Waals surface area contributed by atoms with Crippen LogP contribution in [0.4, 0.5) is 5.69 Å². The van der Waals surface area contributed by atoms with Gasteiger partial charge in [-0.3, -0.25) is 9.97 Å². The van der Waals surface area contributed by atoms with Crippen LogP contribution >= 0.6 is 0 Å². The number of aliphatic carboxylic acids is 1. The normalized spacial score (nSPS) is 19.5. The average molecular weight is 526 g/mol. The topological polar surface area (TPSA) is 105 Å². The Morgan fingerprint density at radius 1 is 1.11 bits per heavy atom. The van der Waals surface area contributed by atoms with Crippen LogP contribution < -0.4 is 9.64 Å². The fourth-order valence-electron chi connectivity index (χ4n) is 5.19. The molecule has 2 fully saturated rings. The van der Waals surface area contributed by atoms with Gasteiger partial charge in [0.15, 0.2) is 6.10 Å². The Labute approximate surface area is 226 Å². The molecule has 1 atom stereocenters. The number of hydrogen-bond acceptors (Lipinski definition) is 7. The molecule has 38 heavy (non-hydrogen) atoms. The van der Waals surface area contributed by atoms with Crippen LogP contribution in [0.25, 0.3) is 11.3 Å². The number of aromatic nitrogens is 2. The maximum atomic E-state index is 12.5. The van der Waals surface area contributed by atoms with Crippen LogP contribution in [-0.4, -0.2) is 57.0 Å². The van der Waals surface area contributed by atoms with E-state index in [1.807, 2.05) is 39.8 Å². The quantitative estimate of drug-likeness (QED) is 0.429. The number of carbonyl (C=O) groups is 1. The monoisotopic (exact) mass is 525 g/mol. The van der Waals surface area contributed by atoms with Gasteiger partial charge in [-0.05, 0) is 77.3 Å². The third kappa shape index (κ3) is 6.64. The van der Waals surface area contributed by atoms with Crippen molar-refractivity contribution in [3.63, 3.8) is 0 Å². The van der Waals surface area contributed by atoms with Crippen molar-refractivity contribution in [1.29, 1.82) is 0 Å². The van der Waals surface area contributed by atoms with E-state index in [1.54, 1.807) is 12.4 Å². The predicted molar refractivity (Wildman–Crippen MR) is 148 cm³/mol. The van der Waals surface area contributed by atoms with Gasteiger partial charge in [0.1, 0.15) is 5.75 Å². The highest BCUT2D eigenvalue weighted by Gasteiger charge is 2.36. The first kappa shape index (κ1) is 28.3. The number of carboxylic acid groups (broad SMARTS) is 1. The Morgan fingerprint density at radius 3 is 2.32 bits per heavy atom. The highest BCUT2D eigenvalue weighted by atomic mass is 16.5. The molecule has 1 saturated carbocycles. The number of piperidine rings is 1. The minimum Gasteiger partial charge on any atom is -0.492 e. The zero-order chi connectivity index (χ0) is 27.7. The lowest BCUT2D eigenvalue weighted by molar-refractivity contribution is -0.160. The second-order valence-electron chi connectivity index (χ2n) is 12.7. The molecule has 2 aromatic heterocycles. The lowest BCUT2D eigenvalue weighted by atomic mass is 9.78. The third-order valence-electron chi connectivity index (χ3n) is 7.81. The van der Waals surface area contributed by atoms with Crippen molar-refractivity contribution in [1.82, 2.24) is 9.97 Å². The van der Waals surface area contributed by atoms with Crippen molar-refractivity contribution in [3.8, 4) is 17.0 Å². The number of carboxylic acids is 1. The third-order valence-corrected chi connectivity index (χ3v) is 7.81. The van der Waals surface area contributed by atoms with Crippen molar-refractivity contribution >= 4 is 11.7 Å². The molecule has 1 aliphatic heterocycles. The summed E-state index contributed by atoms with van der Waals surface area (Å²) in [7, 11) is 0. The van der Waals surface area contributed by atoms with Crippen molar-refractivity contribution in [2.24, 2.45) is 5.41 Å². The fourth-order valence-corrected chi connectivity index (χ4v) is 5.19. The molecule has 0 aromatic carbocycles. The molecular formula is C30H43N3O5. The number of anilines is 1. The summed E-state index contributed by atoms with van der Waals surface area (Å²) in [6, 6.07) is 3.76. The van der Waals surface area contributed by atoms with Gasteiger partial charge in [-0.15, -0.1) is 0 Å². The average Bonchev–Trinajstić information content (AvgIpc) is 2.81. The van der Waals surface area contributed by atoms with E-state index < -0.39 is 23.3 Å². The molecule has 8 nitrogen and oxygen atoms in total. The van der Waals surface area contributed by atoms with E-state index in [0.29, 0.717) is 35.7 Å². The van der Waals surface area contributed by atoms with Gasteiger partial charge < -0.3 is 24.6 Å². The molecule has 0 spiro atoms. The van der Waals surface area contributed by atoms with Crippen molar-refractivity contribution in [3.05, 3.63) is 35.8 Å². The SMILES string of the molecule is Cc1ncc(-c2ccc(OCCC3(O)CCC3)cn2)c(N2CCC(C)(C)CC2)c1[C@H](OC(C)(C)C)C(=O)O. The fraction of sp³-hybridized carbons (Fsp3) is 0.633. The van der Waals surface area contributed by atoms with Crippen LogP contribution in [0, 0.1) is 12.3 Å². The van der Waals surface area contributed by atoms with Gasteiger partial charge in [0.25, 0.3) is 0 Å². The molecule has 0 bridgehead atoms. The van der Waals surface area contributed by atoms with Crippen LogP contribution in [0.15, 0.2) is 24.5 Å². The summed E-state index contributed by atoms with van der Waals surface area (Å²) < 4.78 is 12.0. The van der Waals surface area contributed by atoms with E-state index in [1.165, 1.54) is 0 Å². The molecular weight excluding hydrogens is 482 g/mol. The van der Waals surface area contributed by atoms with Gasteiger partial charge >= 0.3 is 5.97 Å². The summed E-state index contributed by atoms with van der Waals surface area (Å²) in [5.41, 5.74) is 2.53. The van der Waals surface area contributed by atoms with E-state index in [0.717, 1.165) is 56.4 Å². The van der Waals surface area contributed by atoms with E-state index in [-0.39, 0.29) is 5.41 Å². The van der Waals surface area contributed by atoms with Crippen LogP contribution in [0.2, 0.25) is 0 Å². The summed E-state index contributed by atoms with van der Waals surface area (Å²) >= 11 is 0. The minimum absolute atomic E-state index is 0.233. The second-order valence-corrected chi connectivity index (χ2v) is 12.7. The Bertz CT molecular complexity index is 1130. The molecule has 2 aromatic rings. The molecule has 4 rings (SSSR count).